The van der Waals surface area contributed by atoms with Crippen LogP contribution in [0, 0.1) is 5.41 Å². The van der Waals surface area contributed by atoms with Gasteiger partial charge in [-0.25, -0.2) is 4.79 Å². The molecule has 0 spiro atoms. The average Bonchev–Trinajstić information content (AvgIpc) is 2.74. The van der Waals surface area contributed by atoms with Crippen molar-refractivity contribution in [3.05, 3.63) is 24.3 Å². The zero-order valence-electron chi connectivity index (χ0n) is 12.7. The van der Waals surface area contributed by atoms with Crippen LogP contribution >= 0.6 is 0 Å². The number of carbonyl (C=O) groups excluding carboxylic acids is 1. The van der Waals surface area contributed by atoms with E-state index in [9.17, 15) is 4.79 Å². The van der Waals surface area contributed by atoms with Crippen LogP contribution in [0.2, 0.25) is 0 Å². The maximum Gasteiger partial charge on any atom is 0.332 e. The Hall–Kier alpha value is -1.71. The molecule has 0 radical (unpaired) electrons. The van der Waals surface area contributed by atoms with Crippen LogP contribution in [0.15, 0.2) is 24.3 Å². The fraction of sp³-hybridized carbons (Fsp3) is 0.562. The summed E-state index contributed by atoms with van der Waals surface area (Å²) < 4.78 is 10.4. The second-order valence-corrected chi connectivity index (χ2v) is 5.96. The summed E-state index contributed by atoms with van der Waals surface area (Å²) in [4.78, 5) is 12.4. The van der Waals surface area contributed by atoms with Crippen molar-refractivity contribution in [1.82, 2.24) is 0 Å². The Bertz CT molecular complexity index is 498. The molecular formula is C16H23NO3. The van der Waals surface area contributed by atoms with E-state index >= 15 is 0 Å². The highest BCUT2D eigenvalue weighted by Crippen LogP contribution is 2.49. The lowest BCUT2D eigenvalue weighted by atomic mass is 9.74. The van der Waals surface area contributed by atoms with Crippen LogP contribution in [0.5, 0.6) is 5.75 Å². The van der Waals surface area contributed by atoms with E-state index in [1.54, 1.807) is 7.11 Å². The Labute approximate surface area is 120 Å². The van der Waals surface area contributed by atoms with E-state index in [0.29, 0.717) is 0 Å². The average molecular weight is 277 g/mol. The summed E-state index contributed by atoms with van der Waals surface area (Å²) in [6.45, 7) is 4.22. The van der Waals surface area contributed by atoms with E-state index in [1.807, 2.05) is 24.3 Å². The van der Waals surface area contributed by atoms with Crippen LogP contribution < -0.4 is 10.1 Å². The highest BCUT2D eigenvalue weighted by Gasteiger charge is 2.55. The van der Waals surface area contributed by atoms with Crippen LogP contribution in [-0.2, 0) is 9.53 Å². The number of nitrogens with one attached hydrogen (secondary N) is 1. The smallest absolute Gasteiger partial charge is 0.332 e. The van der Waals surface area contributed by atoms with Gasteiger partial charge in [0, 0.05) is 0 Å². The van der Waals surface area contributed by atoms with Gasteiger partial charge in [-0.1, -0.05) is 26.0 Å². The van der Waals surface area contributed by atoms with Crippen molar-refractivity contribution in [3.63, 3.8) is 0 Å². The molecule has 1 atom stereocenters. The molecular weight excluding hydrogens is 254 g/mol. The minimum absolute atomic E-state index is 0.166. The van der Waals surface area contributed by atoms with Gasteiger partial charge in [0.1, 0.15) is 11.3 Å². The number of hydrogen-bond donors (Lipinski definition) is 1. The minimum Gasteiger partial charge on any atom is -0.495 e. The van der Waals surface area contributed by atoms with Crippen molar-refractivity contribution in [3.8, 4) is 5.75 Å². The van der Waals surface area contributed by atoms with Gasteiger partial charge in [-0.3, -0.25) is 0 Å². The number of esters is 1. The molecule has 1 aromatic carbocycles. The number of benzene rings is 1. The fourth-order valence-corrected chi connectivity index (χ4v) is 3.16. The maximum absolute atomic E-state index is 12.4. The summed E-state index contributed by atoms with van der Waals surface area (Å²) in [5.74, 6) is 0.532. The Morgan fingerprint density at radius 3 is 2.45 bits per heavy atom. The molecule has 0 aliphatic heterocycles. The third kappa shape index (κ3) is 2.23. The lowest BCUT2D eigenvalue weighted by Crippen LogP contribution is -2.54. The molecule has 0 bridgehead atoms. The molecule has 0 amide bonds. The first-order valence-corrected chi connectivity index (χ1v) is 6.96. The van der Waals surface area contributed by atoms with Gasteiger partial charge in [-0.05, 0) is 36.8 Å². The van der Waals surface area contributed by atoms with E-state index < -0.39 is 5.54 Å². The van der Waals surface area contributed by atoms with Gasteiger partial charge in [0.05, 0.1) is 19.9 Å². The van der Waals surface area contributed by atoms with Crippen molar-refractivity contribution in [2.75, 3.05) is 19.5 Å². The normalized spacial score (nSPS) is 24.2. The zero-order valence-corrected chi connectivity index (χ0v) is 12.7. The van der Waals surface area contributed by atoms with Gasteiger partial charge >= 0.3 is 5.97 Å². The summed E-state index contributed by atoms with van der Waals surface area (Å²) in [6.07, 6.45) is 2.76. The highest BCUT2D eigenvalue weighted by molar-refractivity contribution is 5.87. The van der Waals surface area contributed by atoms with E-state index in [1.165, 1.54) is 7.11 Å². The molecule has 110 valence electrons. The maximum atomic E-state index is 12.4. The lowest BCUT2D eigenvalue weighted by Gasteiger charge is -2.40. The van der Waals surface area contributed by atoms with Gasteiger partial charge < -0.3 is 14.8 Å². The number of hydrogen-bond acceptors (Lipinski definition) is 4. The van der Waals surface area contributed by atoms with E-state index in [4.69, 9.17) is 9.47 Å². The van der Waals surface area contributed by atoms with Crippen LogP contribution in [0.1, 0.15) is 33.1 Å². The first-order chi connectivity index (χ1) is 9.47. The van der Waals surface area contributed by atoms with E-state index in [0.717, 1.165) is 30.7 Å². The Morgan fingerprint density at radius 1 is 1.20 bits per heavy atom. The summed E-state index contributed by atoms with van der Waals surface area (Å²) in [7, 11) is 3.08. The van der Waals surface area contributed by atoms with Crippen LogP contribution in [0.3, 0.4) is 0 Å². The van der Waals surface area contributed by atoms with Crippen LogP contribution in [0.4, 0.5) is 5.69 Å². The number of anilines is 1. The molecule has 0 aromatic heterocycles. The van der Waals surface area contributed by atoms with Crippen molar-refractivity contribution in [1.29, 1.82) is 0 Å². The Kier molecular flexibility index (Phi) is 3.93. The summed E-state index contributed by atoms with van der Waals surface area (Å²) in [6, 6.07) is 7.65. The SMILES string of the molecule is COC(=O)C1(Nc2ccccc2OC)CCCC1(C)C. The minimum atomic E-state index is -0.698. The topological polar surface area (TPSA) is 47.6 Å². The third-order valence-corrected chi connectivity index (χ3v) is 4.50. The van der Waals surface area contributed by atoms with E-state index in [-0.39, 0.29) is 11.4 Å². The van der Waals surface area contributed by atoms with Gasteiger partial charge in [-0.2, -0.15) is 0 Å². The number of carbonyl (C=O) groups is 1. The van der Waals surface area contributed by atoms with Crippen molar-refractivity contribution in [2.45, 2.75) is 38.6 Å². The molecule has 1 saturated carbocycles. The van der Waals surface area contributed by atoms with Crippen LogP contribution in [0.25, 0.3) is 0 Å². The lowest BCUT2D eigenvalue weighted by molar-refractivity contribution is -0.149. The van der Waals surface area contributed by atoms with Crippen molar-refractivity contribution >= 4 is 11.7 Å². The predicted octanol–water partition coefficient (Wildman–Crippen LogP) is 3.23. The second-order valence-electron chi connectivity index (χ2n) is 5.96. The fourth-order valence-electron chi connectivity index (χ4n) is 3.16. The molecule has 1 aromatic rings. The summed E-state index contributed by atoms with van der Waals surface area (Å²) in [5, 5.41) is 3.42. The van der Waals surface area contributed by atoms with Crippen molar-refractivity contribution < 1.29 is 14.3 Å². The molecule has 1 aliphatic carbocycles. The van der Waals surface area contributed by atoms with Gasteiger partial charge in [-0.15, -0.1) is 0 Å². The zero-order chi connectivity index (χ0) is 14.8. The first-order valence-electron chi connectivity index (χ1n) is 6.96. The highest BCUT2D eigenvalue weighted by atomic mass is 16.5. The van der Waals surface area contributed by atoms with Gasteiger partial charge in [0.2, 0.25) is 0 Å². The van der Waals surface area contributed by atoms with Gasteiger partial charge in [0.15, 0.2) is 0 Å². The standard InChI is InChI=1S/C16H23NO3/c1-15(2)10-7-11-16(15,14(18)20-4)17-12-8-5-6-9-13(12)19-3/h5-6,8-9,17H,7,10-11H2,1-4H3. The summed E-state index contributed by atoms with van der Waals surface area (Å²) in [5.41, 5.74) is -0.0347. The number of methoxy groups -OCH3 is 2. The monoisotopic (exact) mass is 277 g/mol. The predicted molar refractivity (Wildman–Crippen MR) is 79.0 cm³/mol. The third-order valence-electron chi connectivity index (χ3n) is 4.50. The molecule has 1 N–H and O–H groups in total. The molecule has 20 heavy (non-hydrogen) atoms. The Balaban J connectivity index is 2.42. The number of rotatable bonds is 4. The summed E-state index contributed by atoms with van der Waals surface area (Å²) >= 11 is 0. The van der Waals surface area contributed by atoms with Crippen LogP contribution in [-0.4, -0.2) is 25.7 Å². The molecule has 4 nitrogen and oxygen atoms in total. The van der Waals surface area contributed by atoms with Gasteiger partial charge in [0.25, 0.3) is 0 Å². The Morgan fingerprint density at radius 2 is 1.90 bits per heavy atom. The van der Waals surface area contributed by atoms with Crippen molar-refractivity contribution in [2.24, 2.45) is 5.41 Å². The molecule has 2 rings (SSSR count). The molecule has 1 unspecified atom stereocenters. The second kappa shape index (κ2) is 5.35. The molecule has 4 heteroatoms. The first kappa shape index (κ1) is 14.7. The quantitative estimate of drug-likeness (QED) is 0.858. The molecule has 0 saturated heterocycles. The molecule has 1 fully saturated rings. The number of ether oxygens (including phenoxy) is 2. The molecule has 1 aliphatic rings. The number of para-hydroxylation sites is 2. The largest absolute Gasteiger partial charge is 0.495 e. The molecule has 0 heterocycles. The van der Waals surface area contributed by atoms with E-state index in [2.05, 4.69) is 19.2 Å².